The Labute approximate surface area is 122 Å². The molecule has 0 aromatic rings. The minimum Gasteiger partial charge on any atom is -0.457 e. The molecule has 0 spiro atoms. The van der Waals surface area contributed by atoms with Crippen molar-refractivity contribution in [2.45, 2.75) is 19.4 Å². The van der Waals surface area contributed by atoms with Crippen molar-refractivity contribution in [2.24, 2.45) is 5.92 Å². The molecule has 0 aliphatic carbocycles. The molecule has 0 aromatic carbocycles. The number of nitrogens with zero attached hydrogens (tertiary/aromatic N) is 1. The summed E-state index contributed by atoms with van der Waals surface area (Å²) in [5.74, 6) is 1.82. The lowest BCUT2D eigenvalue weighted by Gasteiger charge is -2.41. The summed E-state index contributed by atoms with van der Waals surface area (Å²) in [5, 5.41) is 0. The summed E-state index contributed by atoms with van der Waals surface area (Å²) in [6.45, 7) is 5.60. The Morgan fingerprint density at radius 1 is 1.60 bits per heavy atom. The van der Waals surface area contributed by atoms with E-state index in [-0.39, 0.29) is 30.4 Å². The van der Waals surface area contributed by atoms with Crippen LogP contribution in [-0.2, 0) is 14.3 Å². The maximum Gasteiger partial charge on any atom is 0.355 e. The van der Waals surface area contributed by atoms with E-state index in [0.29, 0.717) is 5.70 Å². The zero-order valence-corrected chi connectivity index (χ0v) is 12.2. The minimum atomic E-state index is -0.386. The number of thioether (sulfide) groups is 1. The largest absolute Gasteiger partial charge is 0.457 e. The third-order valence-electron chi connectivity index (χ3n) is 4.09. The van der Waals surface area contributed by atoms with Crippen LogP contribution >= 0.6 is 11.8 Å². The van der Waals surface area contributed by atoms with E-state index in [1.54, 1.807) is 11.0 Å². The SMILES string of the molecule is C=CCOC(=O)C1=C2CCSC[C@@H]2[C@@H]2/C(=C\C)C(=O)N12. The van der Waals surface area contributed by atoms with Gasteiger partial charge in [0.05, 0.1) is 6.04 Å². The zero-order valence-electron chi connectivity index (χ0n) is 11.4. The van der Waals surface area contributed by atoms with Crippen LogP contribution in [0, 0.1) is 5.92 Å². The standard InChI is InChI=1S/C15H17NO3S/c1-3-6-19-15(18)13-10-5-7-20-8-11(10)12-9(4-2)14(17)16(12)13/h3-4,11-12H,1,5-8H2,2H3/b9-4+/t11-,12-/m0/s1. The van der Waals surface area contributed by atoms with Gasteiger partial charge in [-0.25, -0.2) is 4.79 Å². The summed E-state index contributed by atoms with van der Waals surface area (Å²) in [7, 11) is 0. The van der Waals surface area contributed by atoms with E-state index >= 15 is 0 Å². The average molecular weight is 291 g/mol. The number of carbonyl (C=O) groups excluding carboxylic acids is 2. The summed E-state index contributed by atoms with van der Waals surface area (Å²) < 4.78 is 5.16. The average Bonchev–Trinajstić information content (AvgIpc) is 2.77. The number of hydrogen-bond donors (Lipinski definition) is 0. The van der Waals surface area contributed by atoms with Gasteiger partial charge in [-0.05, 0) is 24.7 Å². The van der Waals surface area contributed by atoms with E-state index in [1.807, 2.05) is 24.8 Å². The van der Waals surface area contributed by atoms with E-state index in [9.17, 15) is 9.59 Å². The highest BCUT2D eigenvalue weighted by Crippen LogP contribution is 2.50. The van der Waals surface area contributed by atoms with Gasteiger partial charge in [0, 0.05) is 17.2 Å². The molecule has 0 aromatic heterocycles. The number of hydrogen-bond acceptors (Lipinski definition) is 4. The van der Waals surface area contributed by atoms with Crippen LogP contribution in [0.5, 0.6) is 0 Å². The number of β-lactam (4-membered cyclic amide) rings is 1. The van der Waals surface area contributed by atoms with Crippen molar-refractivity contribution in [1.29, 1.82) is 0 Å². The fourth-order valence-corrected chi connectivity index (χ4v) is 4.41. The molecule has 3 heterocycles. The number of rotatable bonds is 3. The van der Waals surface area contributed by atoms with E-state index < -0.39 is 0 Å². The van der Waals surface area contributed by atoms with E-state index in [2.05, 4.69) is 6.58 Å². The Kier molecular flexibility index (Phi) is 3.46. The fourth-order valence-electron chi connectivity index (χ4n) is 3.24. The molecule has 5 heteroatoms. The van der Waals surface area contributed by atoms with Gasteiger partial charge >= 0.3 is 5.97 Å². The highest BCUT2D eigenvalue weighted by Gasteiger charge is 2.56. The zero-order chi connectivity index (χ0) is 14.3. The maximum atomic E-state index is 12.2. The molecule has 106 valence electrons. The molecule has 0 N–H and O–H groups in total. The van der Waals surface area contributed by atoms with E-state index in [1.165, 1.54) is 0 Å². The first kappa shape index (κ1) is 13.5. The number of allylic oxidation sites excluding steroid dienone is 1. The van der Waals surface area contributed by atoms with Gasteiger partial charge in [-0.1, -0.05) is 18.7 Å². The Morgan fingerprint density at radius 2 is 2.40 bits per heavy atom. The first-order chi connectivity index (χ1) is 9.70. The van der Waals surface area contributed by atoms with Crippen molar-refractivity contribution in [2.75, 3.05) is 18.1 Å². The van der Waals surface area contributed by atoms with Crippen LogP contribution in [0.25, 0.3) is 0 Å². The fraction of sp³-hybridized carbons (Fsp3) is 0.467. The highest BCUT2D eigenvalue weighted by molar-refractivity contribution is 7.99. The summed E-state index contributed by atoms with van der Waals surface area (Å²) >= 11 is 1.89. The number of amides is 1. The molecule has 0 radical (unpaired) electrons. The number of ether oxygens (including phenoxy) is 1. The Morgan fingerprint density at radius 3 is 3.10 bits per heavy atom. The van der Waals surface area contributed by atoms with Crippen molar-refractivity contribution in [3.8, 4) is 0 Å². The van der Waals surface area contributed by atoms with Gasteiger partial charge in [0.1, 0.15) is 12.3 Å². The second-order valence-electron chi connectivity index (χ2n) is 5.06. The molecular weight excluding hydrogens is 274 g/mol. The quantitative estimate of drug-likeness (QED) is 0.345. The smallest absolute Gasteiger partial charge is 0.355 e. The van der Waals surface area contributed by atoms with Crippen LogP contribution in [0.4, 0.5) is 0 Å². The van der Waals surface area contributed by atoms with Crippen LogP contribution in [0.2, 0.25) is 0 Å². The second kappa shape index (κ2) is 5.13. The number of carbonyl (C=O) groups is 2. The first-order valence-corrected chi connectivity index (χ1v) is 7.94. The molecule has 1 amide bonds. The molecule has 3 aliphatic heterocycles. The predicted octanol–water partition coefficient (Wildman–Crippen LogP) is 1.89. The van der Waals surface area contributed by atoms with Gasteiger partial charge in [0.25, 0.3) is 5.91 Å². The molecule has 0 unspecified atom stereocenters. The molecule has 3 aliphatic rings. The lowest BCUT2D eigenvalue weighted by atomic mass is 9.84. The van der Waals surface area contributed by atoms with Crippen molar-refractivity contribution in [3.05, 3.63) is 35.6 Å². The molecule has 3 rings (SSSR count). The second-order valence-corrected chi connectivity index (χ2v) is 6.21. The number of esters is 1. The molecule has 2 saturated heterocycles. The van der Waals surface area contributed by atoms with Crippen LogP contribution in [0.3, 0.4) is 0 Å². The molecule has 20 heavy (non-hydrogen) atoms. The normalized spacial score (nSPS) is 29.9. The van der Waals surface area contributed by atoms with Crippen molar-refractivity contribution in [1.82, 2.24) is 4.90 Å². The van der Waals surface area contributed by atoms with Gasteiger partial charge in [-0.15, -0.1) is 0 Å². The van der Waals surface area contributed by atoms with Crippen molar-refractivity contribution < 1.29 is 14.3 Å². The van der Waals surface area contributed by atoms with Crippen molar-refractivity contribution >= 4 is 23.6 Å². The van der Waals surface area contributed by atoms with Gasteiger partial charge in [-0.2, -0.15) is 11.8 Å². The van der Waals surface area contributed by atoms with E-state index in [4.69, 9.17) is 4.74 Å². The lowest BCUT2D eigenvalue weighted by molar-refractivity contribution is -0.145. The minimum absolute atomic E-state index is 0.0463. The first-order valence-electron chi connectivity index (χ1n) is 6.79. The molecule has 2 atom stereocenters. The molecule has 4 nitrogen and oxygen atoms in total. The highest BCUT2D eigenvalue weighted by atomic mass is 32.2. The number of fused-ring (bicyclic) bond motifs is 3. The summed E-state index contributed by atoms with van der Waals surface area (Å²) in [5.41, 5.74) is 2.44. The summed E-state index contributed by atoms with van der Waals surface area (Å²) in [4.78, 5) is 26.1. The third kappa shape index (κ3) is 1.76. The molecule has 0 saturated carbocycles. The van der Waals surface area contributed by atoms with Crippen LogP contribution in [-0.4, -0.2) is 40.9 Å². The predicted molar refractivity (Wildman–Crippen MR) is 78.0 cm³/mol. The Bertz CT molecular complexity index is 549. The Balaban J connectivity index is 1.95. The van der Waals surface area contributed by atoms with Gasteiger partial charge < -0.3 is 4.74 Å². The van der Waals surface area contributed by atoms with Crippen LogP contribution in [0.15, 0.2) is 35.6 Å². The van der Waals surface area contributed by atoms with Crippen molar-refractivity contribution in [3.63, 3.8) is 0 Å². The molecule has 2 fully saturated rings. The third-order valence-corrected chi connectivity index (χ3v) is 5.17. The monoisotopic (exact) mass is 291 g/mol. The van der Waals surface area contributed by atoms with Gasteiger partial charge in [0.15, 0.2) is 0 Å². The van der Waals surface area contributed by atoms with E-state index in [0.717, 1.165) is 29.1 Å². The van der Waals surface area contributed by atoms with Crippen LogP contribution in [0.1, 0.15) is 13.3 Å². The topological polar surface area (TPSA) is 46.6 Å². The van der Waals surface area contributed by atoms with Gasteiger partial charge in [0.2, 0.25) is 0 Å². The summed E-state index contributed by atoms with van der Waals surface area (Å²) in [6.07, 6.45) is 4.28. The van der Waals surface area contributed by atoms with Crippen LogP contribution < -0.4 is 0 Å². The lowest BCUT2D eigenvalue weighted by Crippen LogP contribution is -2.55. The Hall–Kier alpha value is -1.49. The molecular formula is C15H17NO3S. The summed E-state index contributed by atoms with van der Waals surface area (Å²) in [6, 6.07) is 0.0570. The molecule has 0 bridgehead atoms. The van der Waals surface area contributed by atoms with Gasteiger partial charge in [-0.3, -0.25) is 9.69 Å². The maximum absolute atomic E-state index is 12.2.